The predicted molar refractivity (Wildman–Crippen MR) is 129 cm³/mol. The minimum Gasteiger partial charge on any atom is -0.368 e. The number of sulfone groups is 1. The molecule has 4 aromatic rings. The van der Waals surface area contributed by atoms with Gasteiger partial charge in [0.2, 0.25) is 15.0 Å². The van der Waals surface area contributed by atoms with Crippen molar-refractivity contribution in [1.29, 1.82) is 0 Å². The zero-order chi connectivity index (χ0) is 23.4. The number of benzene rings is 2. The van der Waals surface area contributed by atoms with E-state index in [1.54, 1.807) is 0 Å². The highest BCUT2D eigenvalue weighted by Gasteiger charge is 2.31. The number of hydrogen-bond acceptors (Lipinski definition) is 7. The molecule has 2 aliphatic heterocycles. The minimum absolute atomic E-state index is 0.156. The number of rotatable bonds is 3. The van der Waals surface area contributed by atoms with Crippen LogP contribution in [0.25, 0.3) is 10.8 Å². The summed E-state index contributed by atoms with van der Waals surface area (Å²) >= 11 is 6.55. The molecule has 4 heterocycles. The SMILES string of the molecule is CS(=O)(=O)c1nc2c(c(N3CCn4cncc4C3)n1)CO[C@H](c1cccc3cccc(Cl)c13)C2. The van der Waals surface area contributed by atoms with E-state index in [2.05, 4.69) is 24.4 Å². The molecule has 2 aromatic heterocycles. The van der Waals surface area contributed by atoms with Gasteiger partial charge in [-0.3, -0.25) is 0 Å². The molecule has 0 radical (unpaired) electrons. The first-order valence-electron chi connectivity index (χ1n) is 11.0. The van der Waals surface area contributed by atoms with Crippen LogP contribution in [-0.2, 0) is 40.7 Å². The maximum atomic E-state index is 12.5. The topological polar surface area (TPSA) is 90.2 Å². The standard InChI is InChI=1S/C24H22ClN5O3S/c1-34(31,32)24-27-20-10-21(17-6-2-4-15-5-3-7-19(25)22(15)17)33-13-18(20)23(28-24)29-8-9-30-14-26-11-16(30)12-29/h2-7,11,14,21H,8-10,12-13H2,1H3/t21-/m0/s1. The average molecular weight is 496 g/mol. The van der Waals surface area contributed by atoms with Gasteiger partial charge in [0.05, 0.1) is 37.0 Å². The Kier molecular flexibility index (Phi) is 5.09. The molecule has 0 spiro atoms. The summed E-state index contributed by atoms with van der Waals surface area (Å²) in [6, 6.07) is 11.8. The second-order valence-corrected chi connectivity index (χ2v) is 11.0. The predicted octanol–water partition coefficient (Wildman–Crippen LogP) is 3.72. The Hall–Kier alpha value is -3.01. The van der Waals surface area contributed by atoms with Crippen molar-refractivity contribution in [2.75, 3.05) is 17.7 Å². The van der Waals surface area contributed by atoms with Crippen LogP contribution in [0, 0.1) is 0 Å². The quantitative estimate of drug-likeness (QED) is 0.400. The maximum absolute atomic E-state index is 12.5. The smallest absolute Gasteiger partial charge is 0.249 e. The van der Waals surface area contributed by atoms with Crippen LogP contribution in [0.4, 0.5) is 5.82 Å². The second kappa shape index (κ2) is 8.04. The van der Waals surface area contributed by atoms with Gasteiger partial charge in [0.25, 0.3) is 0 Å². The van der Waals surface area contributed by atoms with Crippen molar-refractivity contribution in [3.05, 3.63) is 76.5 Å². The monoisotopic (exact) mass is 495 g/mol. The Labute approximate surface area is 202 Å². The lowest BCUT2D eigenvalue weighted by atomic mass is 9.94. The molecule has 2 aromatic carbocycles. The number of halogens is 1. The molecule has 0 fully saturated rings. The normalized spacial score (nSPS) is 18.1. The molecule has 1 atom stereocenters. The molecule has 0 unspecified atom stereocenters. The molecule has 6 rings (SSSR count). The molecule has 8 nitrogen and oxygen atoms in total. The first-order valence-corrected chi connectivity index (χ1v) is 13.3. The molecule has 174 valence electrons. The lowest BCUT2D eigenvalue weighted by molar-refractivity contribution is 0.0266. The number of imidazole rings is 1. The van der Waals surface area contributed by atoms with Crippen LogP contribution in [-0.4, -0.2) is 40.7 Å². The molecule has 0 bridgehead atoms. The maximum Gasteiger partial charge on any atom is 0.249 e. The van der Waals surface area contributed by atoms with Crippen LogP contribution in [0.15, 0.2) is 54.1 Å². The van der Waals surface area contributed by atoms with Gasteiger partial charge in [0, 0.05) is 47.9 Å². The highest BCUT2D eigenvalue weighted by Crippen LogP contribution is 2.39. The van der Waals surface area contributed by atoms with Crippen molar-refractivity contribution in [1.82, 2.24) is 19.5 Å². The number of ether oxygens (including phenoxy) is 1. The highest BCUT2D eigenvalue weighted by molar-refractivity contribution is 7.90. The van der Waals surface area contributed by atoms with Crippen molar-refractivity contribution < 1.29 is 13.2 Å². The largest absolute Gasteiger partial charge is 0.368 e. The van der Waals surface area contributed by atoms with Crippen molar-refractivity contribution in [2.24, 2.45) is 0 Å². The van der Waals surface area contributed by atoms with E-state index in [-0.39, 0.29) is 17.9 Å². The van der Waals surface area contributed by atoms with E-state index in [1.807, 2.05) is 48.9 Å². The van der Waals surface area contributed by atoms with Crippen LogP contribution >= 0.6 is 11.6 Å². The van der Waals surface area contributed by atoms with Gasteiger partial charge in [-0.2, -0.15) is 0 Å². The van der Waals surface area contributed by atoms with E-state index in [9.17, 15) is 8.42 Å². The van der Waals surface area contributed by atoms with Crippen molar-refractivity contribution in [2.45, 2.75) is 37.4 Å². The fraction of sp³-hybridized carbons (Fsp3) is 0.292. The van der Waals surface area contributed by atoms with Gasteiger partial charge in [-0.05, 0) is 17.0 Å². The number of fused-ring (bicyclic) bond motifs is 3. The second-order valence-electron chi connectivity index (χ2n) is 8.72. The molecule has 0 N–H and O–H groups in total. The third-order valence-corrected chi connectivity index (χ3v) is 7.65. The summed E-state index contributed by atoms with van der Waals surface area (Å²) < 4.78 is 33.4. The van der Waals surface area contributed by atoms with Crippen molar-refractivity contribution >= 4 is 38.0 Å². The van der Waals surface area contributed by atoms with Crippen molar-refractivity contribution in [3.63, 3.8) is 0 Å². The summed E-state index contributed by atoms with van der Waals surface area (Å²) in [5.41, 5.74) is 3.56. The van der Waals surface area contributed by atoms with Gasteiger partial charge in [-0.25, -0.2) is 23.4 Å². The van der Waals surface area contributed by atoms with Crippen LogP contribution < -0.4 is 4.90 Å². The third kappa shape index (κ3) is 3.64. The summed E-state index contributed by atoms with van der Waals surface area (Å²) in [5, 5.41) is 2.48. The van der Waals surface area contributed by atoms with Crippen LogP contribution in [0.3, 0.4) is 0 Å². The summed E-state index contributed by atoms with van der Waals surface area (Å²) in [6.07, 6.45) is 4.92. The van der Waals surface area contributed by atoms with Gasteiger partial charge in [-0.1, -0.05) is 41.9 Å². The number of hydrogen-bond donors (Lipinski definition) is 0. The van der Waals surface area contributed by atoms with Crippen LogP contribution in [0.2, 0.25) is 5.02 Å². The fourth-order valence-electron chi connectivity index (χ4n) is 4.81. The van der Waals surface area contributed by atoms with Crippen LogP contribution in [0.5, 0.6) is 0 Å². The van der Waals surface area contributed by atoms with Gasteiger partial charge in [0.1, 0.15) is 5.82 Å². The Bertz CT molecular complexity index is 1530. The Morgan fingerprint density at radius 3 is 2.76 bits per heavy atom. The first kappa shape index (κ1) is 21.5. The molecular formula is C24H22ClN5O3S. The zero-order valence-electron chi connectivity index (χ0n) is 18.5. The Morgan fingerprint density at radius 2 is 1.94 bits per heavy atom. The van der Waals surface area contributed by atoms with Gasteiger partial charge < -0.3 is 14.2 Å². The van der Waals surface area contributed by atoms with E-state index in [0.29, 0.717) is 36.0 Å². The summed E-state index contributed by atoms with van der Waals surface area (Å²) in [5.74, 6) is 0.618. The van der Waals surface area contributed by atoms with Gasteiger partial charge >= 0.3 is 0 Å². The zero-order valence-corrected chi connectivity index (χ0v) is 20.1. The summed E-state index contributed by atoms with van der Waals surface area (Å²) in [6.45, 7) is 2.32. The van der Waals surface area contributed by atoms with Gasteiger partial charge in [0.15, 0.2) is 0 Å². The average Bonchev–Trinajstić information content (AvgIpc) is 3.30. The first-order chi connectivity index (χ1) is 16.4. The molecular weight excluding hydrogens is 474 g/mol. The Balaban J connectivity index is 1.44. The summed E-state index contributed by atoms with van der Waals surface area (Å²) in [7, 11) is -3.60. The molecule has 2 aliphatic rings. The van der Waals surface area contributed by atoms with Crippen LogP contribution in [0.1, 0.15) is 28.6 Å². The lowest BCUT2D eigenvalue weighted by Crippen LogP contribution is -2.36. The molecule has 0 aliphatic carbocycles. The van der Waals surface area contributed by atoms with Gasteiger partial charge in [-0.15, -0.1) is 0 Å². The van der Waals surface area contributed by atoms with E-state index in [4.69, 9.17) is 16.3 Å². The van der Waals surface area contributed by atoms with Crippen molar-refractivity contribution in [3.8, 4) is 0 Å². The van der Waals surface area contributed by atoms with E-state index < -0.39 is 9.84 Å². The number of anilines is 1. The summed E-state index contributed by atoms with van der Waals surface area (Å²) in [4.78, 5) is 15.3. The fourth-order valence-corrected chi connectivity index (χ4v) is 5.63. The highest BCUT2D eigenvalue weighted by atomic mass is 35.5. The third-order valence-electron chi connectivity index (χ3n) is 6.48. The molecule has 0 saturated heterocycles. The lowest BCUT2D eigenvalue weighted by Gasteiger charge is -2.33. The number of aromatic nitrogens is 4. The minimum atomic E-state index is -3.60. The Morgan fingerprint density at radius 1 is 1.12 bits per heavy atom. The molecule has 10 heteroatoms. The molecule has 34 heavy (non-hydrogen) atoms. The van der Waals surface area contributed by atoms with E-state index >= 15 is 0 Å². The molecule has 0 saturated carbocycles. The van der Waals surface area contributed by atoms with E-state index in [0.717, 1.165) is 40.4 Å². The van der Waals surface area contributed by atoms with E-state index in [1.165, 1.54) is 0 Å². The molecule has 0 amide bonds. The number of nitrogens with zero attached hydrogens (tertiary/aromatic N) is 5.